The van der Waals surface area contributed by atoms with Crippen molar-refractivity contribution in [3.05, 3.63) is 103 Å². The molecule has 0 spiro atoms. The minimum atomic E-state index is -0.337. The number of thiophene rings is 1. The fourth-order valence-electron chi connectivity index (χ4n) is 6.14. The zero-order chi connectivity index (χ0) is 35.6. The number of rotatable bonds is 9. The van der Waals surface area contributed by atoms with E-state index in [4.69, 9.17) is 9.40 Å². The molecule has 0 atom stereocenters. The van der Waals surface area contributed by atoms with Gasteiger partial charge in [0, 0.05) is 69.4 Å². The Kier molecular flexibility index (Phi) is 12.4. The molecule has 265 valence electrons. The van der Waals surface area contributed by atoms with Gasteiger partial charge in [-0.1, -0.05) is 110 Å². The first-order valence-electron chi connectivity index (χ1n) is 17.5. The van der Waals surface area contributed by atoms with Crippen molar-refractivity contribution in [1.82, 2.24) is 4.98 Å². The van der Waals surface area contributed by atoms with E-state index in [2.05, 4.69) is 81.4 Å². The number of hydrogen-bond acceptors (Lipinski definition) is 5. The smallest absolute Gasteiger partial charge is 0.164 e. The van der Waals surface area contributed by atoms with Crippen molar-refractivity contribution >= 4 is 48.9 Å². The van der Waals surface area contributed by atoms with Gasteiger partial charge in [0.15, 0.2) is 5.78 Å². The van der Waals surface area contributed by atoms with Crippen molar-refractivity contribution in [2.24, 2.45) is 10.8 Å². The van der Waals surface area contributed by atoms with Crippen LogP contribution in [0.2, 0.25) is 0 Å². The molecule has 50 heavy (non-hydrogen) atoms. The van der Waals surface area contributed by atoms with Crippen LogP contribution in [0.25, 0.3) is 53.5 Å². The Balaban J connectivity index is 0.000000269. The van der Waals surface area contributed by atoms with Gasteiger partial charge in [-0.2, -0.15) is 0 Å². The van der Waals surface area contributed by atoms with Crippen LogP contribution in [-0.2, 0) is 30.3 Å². The maximum Gasteiger partial charge on any atom is 0.164 e. The van der Waals surface area contributed by atoms with Gasteiger partial charge >= 0.3 is 0 Å². The number of carbonyl (C=O) groups is 1. The molecule has 1 radical (unpaired) electrons. The number of aliphatic hydroxyl groups is 1. The predicted molar refractivity (Wildman–Crippen MR) is 208 cm³/mol. The summed E-state index contributed by atoms with van der Waals surface area (Å²) in [5.41, 5.74) is 4.80. The Morgan fingerprint density at radius 1 is 0.840 bits per heavy atom. The van der Waals surface area contributed by atoms with Gasteiger partial charge in [0.2, 0.25) is 0 Å². The molecule has 0 saturated heterocycles. The Labute approximate surface area is 315 Å². The number of carbonyl (C=O) groups excluding carboxylic acids is 1. The molecule has 0 amide bonds. The van der Waals surface area contributed by atoms with Gasteiger partial charge in [-0.3, -0.25) is 9.78 Å². The topological polar surface area (TPSA) is 63.3 Å². The summed E-state index contributed by atoms with van der Waals surface area (Å²) in [6.07, 6.45) is 8.53. The van der Waals surface area contributed by atoms with E-state index in [1.165, 1.54) is 26.6 Å². The minimum Gasteiger partial charge on any atom is -0.512 e. The molecular formula is C44H50IrNO3S-. The zero-order valence-electron chi connectivity index (χ0n) is 30.9. The van der Waals surface area contributed by atoms with E-state index in [1.807, 2.05) is 66.1 Å². The van der Waals surface area contributed by atoms with Crippen LogP contribution in [0.4, 0.5) is 0 Å². The van der Waals surface area contributed by atoms with Gasteiger partial charge in [0.1, 0.15) is 17.6 Å². The molecule has 0 aliphatic heterocycles. The SMILES string of the molecule is CC(C)(C)c1cc(-c2nccc3sc(-c4coc5ccccc45)cc23)[c-]c2ccccc12.CCC(C)(CC)C(=O)/C=C(\O)C(C)(CC)CC.[Ir]. The zero-order valence-corrected chi connectivity index (χ0v) is 34.1. The Morgan fingerprint density at radius 2 is 1.46 bits per heavy atom. The fourth-order valence-corrected chi connectivity index (χ4v) is 7.22. The molecule has 0 bridgehead atoms. The molecule has 0 aliphatic carbocycles. The van der Waals surface area contributed by atoms with Crippen molar-refractivity contribution in [1.29, 1.82) is 0 Å². The number of benzene rings is 3. The van der Waals surface area contributed by atoms with Crippen LogP contribution in [-0.4, -0.2) is 15.9 Å². The van der Waals surface area contributed by atoms with Crippen molar-refractivity contribution < 1.29 is 34.4 Å². The van der Waals surface area contributed by atoms with Gasteiger partial charge in [-0.25, -0.2) is 0 Å². The van der Waals surface area contributed by atoms with Crippen molar-refractivity contribution in [2.75, 3.05) is 0 Å². The van der Waals surface area contributed by atoms with Gasteiger partial charge in [-0.05, 0) is 54.7 Å². The molecule has 3 heterocycles. The molecule has 6 rings (SSSR count). The summed E-state index contributed by atoms with van der Waals surface area (Å²) in [6.45, 7) is 18.9. The Morgan fingerprint density at radius 3 is 2.10 bits per heavy atom. The van der Waals surface area contributed by atoms with Gasteiger partial charge < -0.3 is 9.52 Å². The molecule has 3 aromatic carbocycles. The number of para-hydroxylation sites is 1. The first kappa shape index (κ1) is 39.2. The molecular weight excluding hydrogens is 815 g/mol. The second-order valence-electron chi connectivity index (χ2n) is 14.6. The number of aliphatic hydroxyl groups excluding tert-OH is 1. The van der Waals surface area contributed by atoms with Gasteiger partial charge in [0.25, 0.3) is 0 Å². The van der Waals surface area contributed by atoms with Crippen LogP contribution < -0.4 is 0 Å². The van der Waals surface area contributed by atoms with Crippen LogP contribution in [0.3, 0.4) is 0 Å². The quantitative estimate of drug-likeness (QED) is 0.0893. The summed E-state index contributed by atoms with van der Waals surface area (Å²) in [6, 6.07) is 27.0. The van der Waals surface area contributed by atoms with E-state index in [-0.39, 0.29) is 47.9 Å². The predicted octanol–water partition coefficient (Wildman–Crippen LogP) is 13.3. The molecule has 3 aromatic heterocycles. The summed E-state index contributed by atoms with van der Waals surface area (Å²) < 4.78 is 7.02. The number of nitrogens with zero attached hydrogens (tertiary/aromatic N) is 1. The number of aromatic nitrogens is 1. The Bertz CT molecular complexity index is 2120. The fraction of sp³-hybridized carbons (Fsp3) is 0.364. The van der Waals surface area contributed by atoms with E-state index < -0.39 is 0 Å². The third-order valence-corrected chi connectivity index (χ3v) is 11.8. The first-order chi connectivity index (χ1) is 23.3. The van der Waals surface area contributed by atoms with E-state index in [9.17, 15) is 9.90 Å². The first-order valence-corrected chi connectivity index (χ1v) is 18.4. The molecule has 1 N–H and O–H groups in total. The molecule has 0 unspecified atom stereocenters. The second kappa shape index (κ2) is 15.8. The van der Waals surface area contributed by atoms with Gasteiger partial charge in [0.05, 0.1) is 0 Å². The van der Waals surface area contributed by atoms with E-state index in [0.717, 1.165) is 64.2 Å². The summed E-state index contributed by atoms with van der Waals surface area (Å²) in [5.74, 6) is 0.286. The summed E-state index contributed by atoms with van der Waals surface area (Å²) >= 11 is 1.78. The Hall–Kier alpha value is -3.57. The van der Waals surface area contributed by atoms with E-state index in [0.29, 0.717) is 0 Å². The van der Waals surface area contributed by atoms with Crippen LogP contribution in [0.1, 0.15) is 93.6 Å². The van der Waals surface area contributed by atoms with Crippen molar-refractivity contribution in [3.8, 4) is 21.7 Å². The molecule has 0 saturated carbocycles. The van der Waals surface area contributed by atoms with Gasteiger partial charge in [-0.15, -0.1) is 40.5 Å². The molecule has 0 aliphatic rings. The third kappa shape index (κ3) is 7.83. The maximum absolute atomic E-state index is 12.2. The van der Waals surface area contributed by atoms with Crippen molar-refractivity contribution in [2.45, 2.75) is 93.4 Å². The van der Waals surface area contributed by atoms with E-state index >= 15 is 0 Å². The number of fused-ring (bicyclic) bond motifs is 3. The summed E-state index contributed by atoms with van der Waals surface area (Å²) in [4.78, 5) is 18.2. The van der Waals surface area contributed by atoms with Crippen LogP contribution in [0, 0.1) is 16.9 Å². The number of pyridine rings is 1. The molecule has 6 aromatic rings. The molecule has 6 heteroatoms. The number of furan rings is 1. The summed E-state index contributed by atoms with van der Waals surface area (Å²) in [7, 11) is 0. The summed E-state index contributed by atoms with van der Waals surface area (Å²) in [5, 5.41) is 14.8. The van der Waals surface area contributed by atoms with Crippen molar-refractivity contribution in [3.63, 3.8) is 0 Å². The van der Waals surface area contributed by atoms with Crippen LogP contribution >= 0.6 is 11.3 Å². The number of allylic oxidation sites excluding steroid dienone is 2. The molecule has 0 fully saturated rings. The largest absolute Gasteiger partial charge is 0.512 e. The second-order valence-corrected chi connectivity index (χ2v) is 15.7. The number of hydrogen-bond donors (Lipinski definition) is 1. The standard InChI is InChI=1S/C29H22NOS.C15H28O2.Ir/c1-29(2,3)24-15-19(14-18-8-4-5-9-20(18)24)28-22-16-27(32-26(22)12-13-30-28)23-17-31-25-11-7-6-10-21(23)25;1-7-14(5,8-2)12(16)11-13(17)15(6,9-3)10-4;/h4-13,15-17H,1-3H3;11,16H,7-10H2,1-6H3;/q-1;;/b;12-11-;. The van der Waals surface area contributed by atoms with E-state index in [1.54, 1.807) is 11.3 Å². The minimum absolute atomic E-state index is 0. The maximum atomic E-state index is 12.2. The number of ketones is 1. The van der Waals surface area contributed by atoms with Crippen LogP contribution in [0.5, 0.6) is 0 Å². The normalized spacial score (nSPS) is 12.5. The monoisotopic (exact) mass is 865 g/mol. The average Bonchev–Trinajstić information content (AvgIpc) is 3.74. The average molecular weight is 865 g/mol. The van der Waals surface area contributed by atoms with Crippen LogP contribution in [0.15, 0.2) is 95.4 Å². The molecule has 4 nitrogen and oxygen atoms in total. The third-order valence-electron chi connectivity index (χ3n) is 10.6.